The van der Waals surface area contributed by atoms with Gasteiger partial charge in [-0.2, -0.15) is 10.2 Å². The lowest BCUT2D eigenvalue weighted by molar-refractivity contribution is -0.139. The summed E-state index contributed by atoms with van der Waals surface area (Å²) in [6.45, 7) is 0. The van der Waals surface area contributed by atoms with Crippen LogP contribution in [0.4, 0.5) is 0 Å². The highest BCUT2D eigenvalue weighted by Gasteiger charge is 2.10. The van der Waals surface area contributed by atoms with Crippen LogP contribution in [0.25, 0.3) is 12.2 Å². The van der Waals surface area contributed by atoms with Gasteiger partial charge in [0.05, 0.1) is 0 Å². The Hall–Kier alpha value is -3.80. The first-order chi connectivity index (χ1) is 12.8. The van der Waals surface area contributed by atoms with Crippen LogP contribution in [0, 0.1) is 0 Å². The van der Waals surface area contributed by atoms with Crippen molar-refractivity contribution in [3.63, 3.8) is 0 Å². The monoisotopic (exact) mass is 346 g/mol. The minimum Gasteiger partial charge on any atom is -0.262 e. The first kappa shape index (κ1) is 18.5. The molecule has 26 heavy (non-hydrogen) atoms. The number of rotatable bonds is 6. The van der Waals surface area contributed by atoms with E-state index in [2.05, 4.69) is 21.1 Å². The Kier molecular flexibility index (Phi) is 7.76. The van der Waals surface area contributed by atoms with E-state index in [4.69, 9.17) is 0 Å². The molecule has 0 aliphatic heterocycles. The van der Waals surface area contributed by atoms with Gasteiger partial charge in [-0.15, -0.1) is 0 Å². The molecule has 2 N–H and O–H groups in total. The molecule has 0 atom stereocenters. The molecule has 0 aliphatic carbocycles. The second-order valence-corrected chi connectivity index (χ2v) is 4.98. The van der Waals surface area contributed by atoms with E-state index in [9.17, 15) is 9.59 Å². The van der Waals surface area contributed by atoms with Gasteiger partial charge in [-0.05, 0) is 23.3 Å². The molecule has 2 aromatic rings. The van der Waals surface area contributed by atoms with Gasteiger partial charge in [-0.1, -0.05) is 72.8 Å². The Morgan fingerprint density at radius 3 is 1.42 bits per heavy atom. The van der Waals surface area contributed by atoms with Crippen LogP contribution in [-0.2, 0) is 9.59 Å². The maximum Gasteiger partial charge on any atom is 0.331 e. The fourth-order valence-corrected chi connectivity index (χ4v) is 1.82. The number of hydrogen-bond acceptors (Lipinski definition) is 4. The summed E-state index contributed by atoms with van der Waals surface area (Å²) in [5.41, 5.74) is 6.22. The molecule has 0 spiro atoms. The van der Waals surface area contributed by atoms with Crippen LogP contribution in [-0.4, -0.2) is 24.2 Å². The number of nitrogens with one attached hydrogen (secondary N) is 2. The summed E-state index contributed by atoms with van der Waals surface area (Å²) < 4.78 is 0. The molecule has 130 valence electrons. The van der Waals surface area contributed by atoms with Crippen molar-refractivity contribution in [1.82, 2.24) is 10.9 Å². The standard InChI is InChI=1S/C20H18N4O2/c25-19(23-21-15-7-13-17-9-3-1-4-10-17)20(26)24-22-16-8-14-18-11-5-2-6-12-18/h1-16H,(H,23,25)(H,24,26)/b13-7-,14-8-,21-15-,22-16-. The molecule has 0 bridgehead atoms. The molecule has 0 saturated carbocycles. The van der Waals surface area contributed by atoms with Gasteiger partial charge in [0.15, 0.2) is 0 Å². The van der Waals surface area contributed by atoms with Crippen molar-refractivity contribution in [3.05, 3.63) is 83.9 Å². The zero-order valence-corrected chi connectivity index (χ0v) is 13.9. The van der Waals surface area contributed by atoms with Crippen LogP contribution in [0.5, 0.6) is 0 Å². The van der Waals surface area contributed by atoms with Crippen molar-refractivity contribution in [3.8, 4) is 0 Å². The van der Waals surface area contributed by atoms with Gasteiger partial charge in [0.2, 0.25) is 0 Å². The van der Waals surface area contributed by atoms with E-state index in [1.54, 1.807) is 12.2 Å². The molecule has 2 amide bonds. The molecule has 0 fully saturated rings. The number of amides is 2. The van der Waals surface area contributed by atoms with E-state index in [-0.39, 0.29) is 0 Å². The van der Waals surface area contributed by atoms with E-state index < -0.39 is 11.8 Å². The normalized spacial score (nSPS) is 11.5. The summed E-state index contributed by atoms with van der Waals surface area (Å²) in [6.07, 6.45) is 9.70. The zero-order valence-electron chi connectivity index (χ0n) is 13.9. The highest BCUT2D eigenvalue weighted by Crippen LogP contribution is 2.00. The summed E-state index contributed by atoms with van der Waals surface area (Å²) in [7, 11) is 0. The fraction of sp³-hybridized carbons (Fsp3) is 0. The average molecular weight is 346 g/mol. The lowest BCUT2D eigenvalue weighted by Crippen LogP contribution is -2.35. The SMILES string of the molecule is O=C(N/N=C\C=C/c1ccccc1)C(=O)N/N=C\C=C/c1ccccc1. The lowest BCUT2D eigenvalue weighted by atomic mass is 10.2. The zero-order chi connectivity index (χ0) is 18.5. The maximum atomic E-state index is 11.5. The highest BCUT2D eigenvalue weighted by molar-refractivity contribution is 6.35. The van der Waals surface area contributed by atoms with Crippen molar-refractivity contribution in [2.75, 3.05) is 0 Å². The number of carbonyl (C=O) groups is 2. The molecule has 2 aromatic carbocycles. The largest absolute Gasteiger partial charge is 0.331 e. The van der Waals surface area contributed by atoms with Gasteiger partial charge in [0.25, 0.3) is 0 Å². The molecule has 0 radical (unpaired) electrons. The number of hydrogen-bond donors (Lipinski definition) is 2. The smallest absolute Gasteiger partial charge is 0.262 e. The number of nitrogens with zero attached hydrogens (tertiary/aromatic N) is 2. The summed E-state index contributed by atoms with van der Waals surface area (Å²) in [4.78, 5) is 23.0. The summed E-state index contributed by atoms with van der Waals surface area (Å²) >= 11 is 0. The molecule has 2 rings (SSSR count). The molecule has 6 heteroatoms. The van der Waals surface area contributed by atoms with Crippen LogP contribution in [0.2, 0.25) is 0 Å². The third kappa shape index (κ3) is 7.18. The van der Waals surface area contributed by atoms with Crippen LogP contribution < -0.4 is 10.9 Å². The van der Waals surface area contributed by atoms with Gasteiger partial charge in [0, 0.05) is 12.4 Å². The Bertz CT molecular complexity index is 754. The van der Waals surface area contributed by atoms with Crippen molar-refractivity contribution in [2.24, 2.45) is 10.2 Å². The van der Waals surface area contributed by atoms with E-state index in [0.717, 1.165) is 11.1 Å². The summed E-state index contributed by atoms with van der Waals surface area (Å²) in [5.74, 6) is -1.81. The predicted molar refractivity (Wildman–Crippen MR) is 104 cm³/mol. The van der Waals surface area contributed by atoms with Crippen LogP contribution >= 0.6 is 0 Å². The Balaban J connectivity index is 1.69. The van der Waals surface area contributed by atoms with Gasteiger partial charge < -0.3 is 0 Å². The van der Waals surface area contributed by atoms with E-state index in [1.165, 1.54) is 12.4 Å². The number of benzene rings is 2. The average Bonchev–Trinajstić information content (AvgIpc) is 2.68. The second-order valence-electron chi connectivity index (χ2n) is 4.98. The van der Waals surface area contributed by atoms with Crippen molar-refractivity contribution < 1.29 is 9.59 Å². The Labute approximate surface area is 151 Å². The third-order valence-corrected chi connectivity index (χ3v) is 3.04. The minimum atomic E-state index is -0.904. The first-order valence-electron chi connectivity index (χ1n) is 7.85. The number of allylic oxidation sites excluding steroid dienone is 2. The molecular weight excluding hydrogens is 328 g/mol. The lowest BCUT2D eigenvalue weighted by Gasteiger charge is -1.96. The molecule has 0 saturated heterocycles. The molecule has 0 aliphatic rings. The van der Waals surface area contributed by atoms with Crippen molar-refractivity contribution in [1.29, 1.82) is 0 Å². The van der Waals surface area contributed by atoms with Crippen LogP contribution in [0.1, 0.15) is 11.1 Å². The van der Waals surface area contributed by atoms with Crippen molar-refractivity contribution >= 4 is 36.4 Å². The molecular formula is C20H18N4O2. The van der Waals surface area contributed by atoms with Gasteiger partial charge in [-0.25, -0.2) is 10.9 Å². The Morgan fingerprint density at radius 2 is 1.04 bits per heavy atom. The van der Waals surface area contributed by atoms with Gasteiger partial charge >= 0.3 is 11.8 Å². The van der Waals surface area contributed by atoms with Crippen molar-refractivity contribution in [2.45, 2.75) is 0 Å². The van der Waals surface area contributed by atoms with Crippen LogP contribution in [0.15, 0.2) is 83.0 Å². The van der Waals surface area contributed by atoms with E-state index in [1.807, 2.05) is 72.8 Å². The van der Waals surface area contributed by atoms with E-state index in [0.29, 0.717) is 0 Å². The first-order valence-corrected chi connectivity index (χ1v) is 7.85. The van der Waals surface area contributed by atoms with Crippen LogP contribution in [0.3, 0.4) is 0 Å². The fourth-order valence-electron chi connectivity index (χ4n) is 1.82. The molecule has 0 aromatic heterocycles. The molecule has 0 unspecified atom stereocenters. The number of carbonyl (C=O) groups excluding carboxylic acids is 2. The summed E-state index contributed by atoms with van der Waals surface area (Å²) in [5, 5.41) is 7.31. The maximum absolute atomic E-state index is 11.5. The molecule has 6 nitrogen and oxygen atoms in total. The third-order valence-electron chi connectivity index (χ3n) is 3.04. The predicted octanol–water partition coefficient (Wildman–Crippen LogP) is 2.62. The highest BCUT2D eigenvalue weighted by atomic mass is 16.2. The topological polar surface area (TPSA) is 82.9 Å². The molecule has 0 heterocycles. The van der Waals surface area contributed by atoms with E-state index >= 15 is 0 Å². The minimum absolute atomic E-state index is 0.904. The van der Waals surface area contributed by atoms with Gasteiger partial charge in [-0.3, -0.25) is 9.59 Å². The summed E-state index contributed by atoms with van der Waals surface area (Å²) in [6, 6.07) is 19.2. The quantitative estimate of drug-likeness (QED) is 0.479. The Morgan fingerprint density at radius 1 is 0.654 bits per heavy atom. The van der Waals surface area contributed by atoms with Gasteiger partial charge in [0.1, 0.15) is 0 Å². The second kappa shape index (κ2) is 10.9. The number of hydrazone groups is 2.